The van der Waals surface area contributed by atoms with Crippen molar-refractivity contribution < 1.29 is 30.0 Å². The van der Waals surface area contributed by atoms with E-state index in [9.17, 15) is 25.2 Å². The van der Waals surface area contributed by atoms with Crippen LogP contribution in [0.4, 0.5) is 0 Å². The molecule has 5 N–H and O–H groups in total. The Balaban J connectivity index is 1.84. The Hall–Kier alpha value is -0.730. The lowest BCUT2D eigenvalue weighted by atomic mass is 9.75. The number of hydrogen-bond acceptors (Lipinski definition) is 6. The molecule has 0 radical (unpaired) electrons. The van der Waals surface area contributed by atoms with E-state index in [-0.39, 0.29) is 28.9 Å². The van der Waals surface area contributed by atoms with Crippen molar-refractivity contribution in [3.63, 3.8) is 0 Å². The van der Waals surface area contributed by atoms with Gasteiger partial charge in [0.1, 0.15) is 0 Å². The molecule has 0 aromatic rings. The van der Waals surface area contributed by atoms with E-state index < -0.39 is 36.4 Å². The molecule has 1 aliphatic carbocycles. The van der Waals surface area contributed by atoms with E-state index in [4.69, 9.17) is 4.74 Å². The van der Waals surface area contributed by atoms with Gasteiger partial charge in [0.15, 0.2) is 5.79 Å². The van der Waals surface area contributed by atoms with Crippen molar-refractivity contribution in [2.45, 2.75) is 96.9 Å². The highest BCUT2D eigenvalue weighted by atomic mass is 16.7. The van der Waals surface area contributed by atoms with Gasteiger partial charge in [-0.05, 0) is 38.5 Å². The first-order chi connectivity index (χ1) is 12.7. The van der Waals surface area contributed by atoms with Crippen molar-refractivity contribution in [3.8, 4) is 0 Å². The Kier molecular flexibility index (Phi) is 6.88. The lowest BCUT2D eigenvalue weighted by molar-refractivity contribution is -0.381. The van der Waals surface area contributed by atoms with Crippen LogP contribution in [-0.4, -0.2) is 62.6 Å². The van der Waals surface area contributed by atoms with Crippen LogP contribution in [0.2, 0.25) is 0 Å². The second-order valence-corrected chi connectivity index (χ2v) is 10.5. The number of aliphatic hydroxyl groups is 4. The fourth-order valence-corrected chi connectivity index (χ4v) is 5.15. The second kappa shape index (κ2) is 8.19. The number of hydrogen-bond donors (Lipinski definition) is 5. The molecule has 6 atom stereocenters. The van der Waals surface area contributed by atoms with E-state index in [2.05, 4.69) is 19.2 Å². The van der Waals surface area contributed by atoms with E-state index in [0.29, 0.717) is 6.42 Å². The molecule has 7 nitrogen and oxygen atoms in total. The van der Waals surface area contributed by atoms with Gasteiger partial charge in [-0.2, -0.15) is 0 Å². The van der Waals surface area contributed by atoms with E-state index in [1.165, 1.54) is 0 Å². The molecule has 1 aliphatic heterocycles. The van der Waals surface area contributed by atoms with Gasteiger partial charge in [0.05, 0.1) is 36.8 Å². The molecule has 1 saturated carbocycles. The highest BCUT2D eigenvalue weighted by molar-refractivity contribution is 5.78. The predicted molar refractivity (Wildman–Crippen MR) is 105 cm³/mol. The highest BCUT2D eigenvalue weighted by Crippen LogP contribution is 2.54. The Morgan fingerprint density at radius 1 is 1.18 bits per heavy atom. The van der Waals surface area contributed by atoms with Crippen molar-refractivity contribution in [1.82, 2.24) is 5.32 Å². The second-order valence-electron chi connectivity index (χ2n) is 10.5. The fraction of sp³-hybridized carbons (Fsp3) is 0.952. The summed E-state index contributed by atoms with van der Waals surface area (Å²) in [4.78, 5) is 12.0. The van der Waals surface area contributed by atoms with E-state index in [1.54, 1.807) is 0 Å². The van der Waals surface area contributed by atoms with Gasteiger partial charge in [0.2, 0.25) is 5.91 Å². The molecular weight excluding hydrogens is 362 g/mol. The molecule has 6 unspecified atom stereocenters. The summed E-state index contributed by atoms with van der Waals surface area (Å²) < 4.78 is 5.61. The predicted octanol–water partition coefficient (Wildman–Crippen LogP) is 1.17. The largest absolute Gasteiger partial charge is 0.396 e. The van der Waals surface area contributed by atoms with Crippen LogP contribution in [0.1, 0.15) is 67.2 Å². The third-order valence-corrected chi connectivity index (χ3v) is 6.33. The zero-order valence-electron chi connectivity index (χ0n) is 18.1. The molecule has 1 heterocycles. The monoisotopic (exact) mass is 401 g/mol. The van der Waals surface area contributed by atoms with Gasteiger partial charge in [-0.3, -0.25) is 4.79 Å². The summed E-state index contributed by atoms with van der Waals surface area (Å²) >= 11 is 0. The van der Waals surface area contributed by atoms with Gasteiger partial charge in [-0.1, -0.05) is 34.1 Å². The number of ether oxygens (including phenoxy) is 1. The fourth-order valence-electron chi connectivity index (χ4n) is 5.15. The van der Waals surface area contributed by atoms with Crippen molar-refractivity contribution in [2.75, 3.05) is 6.61 Å². The van der Waals surface area contributed by atoms with Crippen LogP contribution in [0.5, 0.6) is 0 Å². The smallest absolute Gasteiger partial charge is 0.222 e. The maximum Gasteiger partial charge on any atom is 0.222 e. The first kappa shape index (κ1) is 23.5. The lowest BCUT2D eigenvalue weighted by Gasteiger charge is -2.50. The van der Waals surface area contributed by atoms with Gasteiger partial charge >= 0.3 is 0 Å². The van der Waals surface area contributed by atoms with E-state index in [1.807, 2.05) is 27.7 Å². The van der Waals surface area contributed by atoms with Crippen molar-refractivity contribution >= 4 is 5.91 Å². The lowest BCUT2D eigenvalue weighted by Crippen LogP contribution is -2.62. The molecular formula is C21H39NO6. The Morgan fingerprint density at radius 3 is 2.32 bits per heavy atom. The van der Waals surface area contributed by atoms with Crippen molar-refractivity contribution in [1.29, 1.82) is 0 Å². The number of carbonyl (C=O) groups excluding carboxylic acids is 1. The van der Waals surface area contributed by atoms with Gasteiger partial charge in [-0.15, -0.1) is 0 Å². The van der Waals surface area contributed by atoms with Crippen LogP contribution in [0, 0.1) is 23.2 Å². The average molecular weight is 402 g/mol. The van der Waals surface area contributed by atoms with E-state index in [0.717, 1.165) is 19.3 Å². The summed E-state index contributed by atoms with van der Waals surface area (Å²) in [5, 5.41) is 43.3. The number of fused-ring (bicyclic) bond motifs is 1. The maximum absolute atomic E-state index is 12.0. The quantitative estimate of drug-likeness (QED) is 0.396. The molecule has 2 rings (SSSR count). The zero-order valence-corrected chi connectivity index (χ0v) is 18.1. The number of nitrogens with one attached hydrogen (secondary N) is 1. The Bertz CT molecular complexity index is 563. The molecule has 0 bridgehead atoms. The standard InChI is InChI=1S/C21H39NO6/c1-12(2)18(26)22-20(5,6)11-19(3,4)9-7-8-14-15-17(25)16(24)13(10-23)21(15,27)28-14/h12-17,23-25,27H,7-11H2,1-6H3,(H,22,26). The minimum Gasteiger partial charge on any atom is -0.396 e. The summed E-state index contributed by atoms with van der Waals surface area (Å²) in [5.41, 5.74) is -0.312. The van der Waals surface area contributed by atoms with Crippen LogP contribution in [0.3, 0.4) is 0 Å². The molecule has 164 valence electrons. The Morgan fingerprint density at radius 2 is 1.79 bits per heavy atom. The molecule has 1 amide bonds. The topological polar surface area (TPSA) is 119 Å². The zero-order chi connectivity index (χ0) is 21.5. The summed E-state index contributed by atoms with van der Waals surface area (Å²) in [6.45, 7) is 11.7. The van der Waals surface area contributed by atoms with Crippen molar-refractivity contribution in [3.05, 3.63) is 0 Å². The molecule has 1 saturated heterocycles. The van der Waals surface area contributed by atoms with Crippen LogP contribution in [0.15, 0.2) is 0 Å². The van der Waals surface area contributed by atoms with Crippen LogP contribution in [0.25, 0.3) is 0 Å². The molecule has 0 aromatic heterocycles. The number of aliphatic hydroxyl groups excluding tert-OH is 3. The normalized spacial score (nSPS) is 35.6. The molecule has 2 fully saturated rings. The number of amides is 1. The summed E-state index contributed by atoms with van der Waals surface area (Å²) in [6, 6.07) is 0. The molecule has 2 aliphatic rings. The molecule has 0 aromatic carbocycles. The van der Waals surface area contributed by atoms with Gasteiger partial charge in [0, 0.05) is 11.5 Å². The SMILES string of the molecule is CC(C)C(=O)NC(C)(C)CC(C)(C)CCCC1OC2(O)C(CO)C(O)C(O)C12. The third-order valence-electron chi connectivity index (χ3n) is 6.33. The minimum absolute atomic E-state index is 0.00471. The highest BCUT2D eigenvalue weighted by Gasteiger charge is 2.69. The Labute approximate surface area is 168 Å². The summed E-state index contributed by atoms with van der Waals surface area (Å²) in [6.07, 6.45) is 0.649. The van der Waals surface area contributed by atoms with Gasteiger partial charge < -0.3 is 30.5 Å². The van der Waals surface area contributed by atoms with Gasteiger partial charge in [0.25, 0.3) is 0 Å². The maximum atomic E-state index is 12.0. The van der Waals surface area contributed by atoms with Crippen LogP contribution < -0.4 is 5.32 Å². The van der Waals surface area contributed by atoms with Crippen molar-refractivity contribution in [2.24, 2.45) is 23.2 Å². The summed E-state index contributed by atoms with van der Waals surface area (Å²) in [7, 11) is 0. The summed E-state index contributed by atoms with van der Waals surface area (Å²) in [5.74, 6) is -3.06. The molecule has 28 heavy (non-hydrogen) atoms. The number of rotatable bonds is 9. The van der Waals surface area contributed by atoms with Crippen LogP contribution in [-0.2, 0) is 9.53 Å². The van der Waals surface area contributed by atoms with E-state index >= 15 is 0 Å². The van der Waals surface area contributed by atoms with Gasteiger partial charge in [-0.25, -0.2) is 0 Å². The average Bonchev–Trinajstić information content (AvgIpc) is 2.65. The first-order valence-corrected chi connectivity index (χ1v) is 10.4. The number of carbonyl (C=O) groups is 1. The molecule has 7 heteroatoms. The third kappa shape index (κ3) is 4.70. The molecule has 0 spiro atoms. The minimum atomic E-state index is -1.63. The first-order valence-electron chi connectivity index (χ1n) is 10.4. The van der Waals surface area contributed by atoms with Crippen LogP contribution >= 0.6 is 0 Å².